The molecule has 4 rings (SSSR count). The highest BCUT2D eigenvalue weighted by Crippen LogP contribution is 2.43. The second kappa shape index (κ2) is 6.40. The topological polar surface area (TPSA) is 59.4 Å². The molecule has 1 N–H and O–H groups in total. The van der Waals surface area contributed by atoms with Gasteiger partial charge in [-0.3, -0.25) is 4.79 Å². The molecule has 1 saturated carbocycles. The van der Waals surface area contributed by atoms with E-state index in [1.54, 1.807) is 0 Å². The summed E-state index contributed by atoms with van der Waals surface area (Å²) >= 11 is 0. The Kier molecular flexibility index (Phi) is 4.36. The van der Waals surface area contributed by atoms with E-state index in [1.165, 1.54) is 0 Å². The number of carbonyl (C=O) groups is 1. The van der Waals surface area contributed by atoms with Crippen molar-refractivity contribution in [3.8, 4) is 0 Å². The zero-order valence-electron chi connectivity index (χ0n) is 15.6. The first-order chi connectivity index (χ1) is 12.0. The monoisotopic (exact) mass is 346 g/mol. The Labute approximate surface area is 149 Å². The summed E-state index contributed by atoms with van der Waals surface area (Å²) in [6.07, 6.45) is 8.75. The zero-order chi connectivity index (χ0) is 17.6. The van der Waals surface area contributed by atoms with Crippen LogP contribution in [0.1, 0.15) is 57.8 Å². The van der Waals surface area contributed by atoms with Gasteiger partial charge in [-0.05, 0) is 45.4 Å². The van der Waals surface area contributed by atoms with Gasteiger partial charge in [0.05, 0.1) is 11.6 Å². The molecule has 1 amide bonds. The molecule has 1 aromatic rings. The molecule has 0 radical (unpaired) electrons. The van der Waals surface area contributed by atoms with Crippen molar-refractivity contribution in [2.45, 2.75) is 69.7 Å². The predicted molar refractivity (Wildman–Crippen MR) is 95.0 cm³/mol. The van der Waals surface area contributed by atoms with Gasteiger partial charge in [0, 0.05) is 51.1 Å². The summed E-state index contributed by atoms with van der Waals surface area (Å²) in [5.41, 5.74) is -0.112. The van der Waals surface area contributed by atoms with Gasteiger partial charge in [-0.15, -0.1) is 0 Å². The van der Waals surface area contributed by atoms with E-state index in [2.05, 4.69) is 33.6 Å². The van der Waals surface area contributed by atoms with Crippen LogP contribution in [-0.2, 0) is 16.6 Å². The summed E-state index contributed by atoms with van der Waals surface area (Å²) in [4.78, 5) is 19.4. The van der Waals surface area contributed by atoms with E-state index in [-0.39, 0.29) is 11.6 Å². The van der Waals surface area contributed by atoms with Gasteiger partial charge in [0.1, 0.15) is 5.82 Å². The number of aromatic nitrogens is 2. The third-order valence-corrected chi connectivity index (χ3v) is 6.17. The molecule has 3 fully saturated rings. The van der Waals surface area contributed by atoms with Crippen LogP contribution in [0.2, 0.25) is 0 Å². The van der Waals surface area contributed by atoms with Gasteiger partial charge in [0.2, 0.25) is 5.91 Å². The molecule has 25 heavy (non-hydrogen) atoms. The highest BCUT2D eigenvalue weighted by atomic mass is 16.5. The number of ether oxygens (including phenoxy) is 1. The Morgan fingerprint density at radius 1 is 1.32 bits per heavy atom. The lowest BCUT2D eigenvalue weighted by atomic mass is 9.86. The van der Waals surface area contributed by atoms with Crippen molar-refractivity contribution in [3.05, 3.63) is 18.2 Å². The zero-order valence-corrected chi connectivity index (χ0v) is 15.6. The summed E-state index contributed by atoms with van der Waals surface area (Å²) in [6, 6.07) is 0.886. The normalized spacial score (nSPS) is 32.4. The van der Waals surface area contributed by atoms with Crippen LogP contribution >= 0.6 is 0 Å². The Morgan fingerprint density at radius 2 is 2.12 bits per heavy atom. The smallest absolute Gasteiger partial charge is 0.223 e. The van der Waals surface area contributed by atoms with Crippen LogP contribution in [0.3, 0.4) is 0 Å². The van der Waals surface area contributed by atoms with Crippen LogP contribution in [0.5, 0.6) is 0 Å². The summed E-state index contributed by atoms with van der Waals surface area (Å²) < 4.78 is 7.93. The third kappa shape index (κ3) is 3.22. The number of rotatable bonds is 5. The van der Waals surface area contributed by atoms with Crippen molar-refractivity contribution in [2.75, 3.05) is 13.2 Å². The van der Waals surface area contributed by atoms with Gasteiger partial charge >= 0.3 is 0 Å². The lowest BCUT2D eigenvalue weighted by molar-refractivity contribution is -0.140. The molecule has 1 unspecified atom stereocenters. The average molecular weight is 346 g/mol. The number of carbonyl (C=O) groups excluding carboxylic acids is 1. The predicted octanol–water partition coefficient (Wildman–Crippen LogP) is 2.02. The van der Waals surface area contributed by atoms with Crippen molar-refractivity contribution in [1.29, 1.82) is 0 Å². The van der Waals surface area contributed by atoms with Crippen molar-refractivity contribution < 1.29 is 9.53 Å². The maximum Gasteiger partial charge on any atom is 0.223 e. The van der Waals surface area contributed by atoms with Gasteiger partial charge in [0.15, 0.2) is 0 Å². The fraction of sp³-hybridized carbons (Fsp3) is 0.789. The number of nitrogens with zero attached hydrogens (tertiary/aromatic N) is 3. The van der Waals surface area contributed by atoms with E-state index in [0.29, 0.717) is 30.3 Å². The molecule has 0 spiro atoms. The number of hydrogen-bond acceptors (Lipinski definition) is 4. The SMILES string of the molecule is Cn1ccnc1[C@@H]1[C@@H](CNC2CCOC2(C)C)CCC(=O)N1C1CC1. The molecule has 6 nitrogen and oxygen atoms in total. The van der Waals surface area contributed by atoms with Crippen LogP contribution in [0.25, 0.3) is 0 Å². The van der Waals surface area contributed by atoms with E-state index in [0.717, 1.165) is 44.7 Å². The second-order valence-corrected chi connectivity index (χ2v) is 8.37. The first kappa shape index (κ1) is 17.0. The van der Waals surface area contributed by atoms with Crippen LogP contribution in [0.4, 0.5) is 0 Å². The first-order valence-corrected chi connectivity index (χ1v) is 9.63. The van der Waals surface area contributed by atoms with E-state index in [9.17, 15) is 4.79 Å². The second-order valence-electron chi connectivity index (χ2n) is 8.37. The number of hydrogen-bond donors (Lipinski definition) is 1. The third-order valence-electron chi connectivity index (χ3n) is 6.17. The summed E-state index contributed by atoms with van der Waals surface area (Å²) in [5.74, 6) is 1.72. The van der Waals surface area contributed by atoms with Gasteiger partial charge in [0.25, 0.3) is 0 Å². The van der Waals surface area contributed by atoms with Gasteiger partial charge in [-0.2, -0.15) is 0 Å². The maximum atomic E-state index is 12.7. The lowest BCUT2D eigenvalue weighted by Gasteiger charge is -2.42. The van der Waals surface area contributed by atoms with Gasteiger partial charge < -0.3 is 19.5 Å². The molecule has 6 heteroatoms. The molecule has 3 atom stereocenters. The minimum absolute atomic E-state index is 0.0895. The molecule has 0 bridgehead atoms. The first-order valence-electron chi connectivity index (χ1n) is 9.63. The highest BCUT2D eigenvalue weighted by Gasteiger charge is 2.46. The number of amides is 1. The van der Waals surface area contributed by atoms with Crippen LogP contribution in [0, 0.1) is 5.92 Å². The molecule has 138 valence electrons. The molecule has 0 aromatic carbocycles. The molecule has 2 aliphatic heterocycles. The Balaban J connectivity index is 1.54. The Bertz CT molecular complexity index is 637. The Morgan fingerprint density at radius 3 is 2.72 bits per heavy atom. The molecule has 2 saturated heterocycles. The van der Waals surface area contributed by atoms with Gasteiger partial charge in [-0.25, -0.2) is 4.98 Å². The lowest BCUT2D eigenvalue weighted by Crippen LogP contribution is -2.51. The molecule has 3 heterocycles. The fourth-order valence-electron chi connectivity index (χ4n) is 4.50. The summed E-state index contributed by atoms with van der Waals surface area (Å²) in [7, 11) is 2.03. The molecule has 1 aliphatic carbocycles. The van der Waals surface area contributed by atoms with Crippen molar-refractivity contribution in [1.82, 2.24) is 19.8 Å². The largest absolute Gasteiger partial charge is 0.374 e. The number of likely N-dealkylation sites (tertiary alicyclic amines) is 1. The quantitative estimate of drug-likeness (QED) is 0.886. The molecule has 1 aromatic heterocycles. The number of imidazole rings is 1. The van der Waals surface area contributed by atoms with Crippen LogP contribution in [-0.4, -0.2) is 51.2 Å². The van der Waals surface area contributed by atoms with Crippen molar-refractivity contribution in [3.63, 3.8) is 0 Å². The fourth-order valence-corrected chi connectivity index (χ4v) is 4.50. The van der Waals surface area contributed by atoms with E-state index < -0.39 is 0 Å². The van der Waals surface area contributed by atoms with E-state index in [4.69, 9.17) is 4.74 Å². The molecular formula is C19H30N4O2. The van der Waals surface area contributed by atoms with Crippen LogP contribution in [0.15, 0.2) is 12.4 Å². The van der Waals surface area contributed by atoms with Crippen molar-refractivity contribution >= 4 is 5.91 Å². The minimum Gasteiger partial charge on any atom is -0.374 e. The number of aryl methyl sites for hydroxylation is 1. The van der Waals surface area contributed by atoms with Crippen molar-refractivity contribution in [2.24, 2.45) is 13.0 Å². The highest BCUT2D eigenvalue weighted by molar-refractivity contribution is 5.78. The van der Waals surface area contributed by atoms with E-state index in [1.807, 2.05) is 19.4 Å². The maximum absolute atomic E-state index is 12.7. The van der Waals surface area contributed by atoms with Gasteiger partial charge in [-0.1, -0.05) is 0 Å². The van der Waals surface area contributed by atoms with Crippen LogP contribution < -0.4 is 5.32 Å². The molecular weight excluding hydrogens is 316 g/mol. The van der Waals surface area contributed by atoms with E-state index >= 15 is 0 Å². The molecule has 3 aliphatic rings. The summed E-state index contributed by atoms with van der Waals surface area (Å²) in [5, 5.41) is 3.75. The minimum atomic E-state index is -0.112. The number of piperidine rings is 1. The summed E-state index contributed by atoms with van der Waals surface area (Å²) in [6.45, 7) is 6.06. The number of nitrogens with one attached hydrogen (secondary N) is 1. The standard InChI is InChI=1S/C19H30N4O2/c1-19(2)15(8-11-25-19)21-12-13-4-7-16(24)23(14-5-6-14)17(13)18-20-9-10-22(18)3/h9-10,13-15,17,21H,4-8,11-12H2,1-3H3/t13-,15?,17+/m1/s1. The Hall–Kier alpha value is -1.40. The average Bonchev–Trinajstić information content (AvgIpc) is 3.22.